The monoisotopic (exact) mass is 341 g/mol. The van der Waals surface area contributed by atoms with Crippen molar-refractivity contribution in [3.63, 3.8) is 0 Å². The number of carbonyl (C=O) groups is 2. The van der Waals surface area contributed by atoms with Crippen LogP contribution in [0.3, 0.4) is 0 Å². The van der Waals surface area contributed by atoms with Gasteiger partial charge in [0.25, 0.3) is 5.91 Å². The second-order valence-electron chi connectivity index (χ2n) is 6.54. The Bertz CT molecular complexity index is 757. The van der Waals surface area contributed by atoms with E-state index < -0.39 is 5.97 Å². The third kappa shape index (κ3) is 3.18. The number of allylic oxidation sites excluding steroid dienone is 1. The van der Waals surface area contributed by atoms with Gasteiger partial charge >= 0.3 is 5.97 Å². The zero-order valence-corrected chi connectivity index (χ0v) is 14.6. The molecule has 0 saturated heterocycles. The van der Waals surface area contributed by atoms with E-state index in [1.807, 2.05) is 0 Å². The Morgan fingerprint density at radius 1 is 1.24 bits per heavy atom. The zero-order valence-electron chi connectivity index (χ0n) is 14.6. The molecule has 1 aliphatic heterocycles. The standard InChI is InChI=1S/C20H23NO4/c1-13-18(20(24)25-2)16(12-14-8-6-7-11-17(14)22)19(23)21(13)15-9-4-3-5-10-15/h6-8,11-12,15,22H,3-5,9-10H2,1-2H3. The van der Waals surface area contributed by atoms with Crippen molar-refractivity contribution in [2.75, 3.05) is 7.11 Å². The van der Waals surface area contributed by atoms with Crippen LogP contribution in [0.1, 0.15) is 44.6 Å². The first-order valence-corrected chi connectivity index (χ1v) is 8.67. The first-order valence-electron chi connectivity index (χ1n) is 8.67. The Morgan fingerprint density at radius 2 is 1.92 bits per heavy atom. The number of amides is 1. The number of aromatic hydroxyl groups is 1. The van der Waals surface area contributed by atoms with E-state index in [-0.39, 0.29) is 23.3 Å². The Balaban J connectivity index is 2.06. The number of para-hydroxylation sites is 1. The summed E-state index contributed by atoms with van der Waals surface area (Å²) in [5.41, 5.74) is 1.73. The summed E-state index contributed by atoms with van der Waals surface area (Å²) >= 11 is 0. The summed E-state index contributed by atoms with van der Waals surface area (Å²) < 4.78 is 4.91. The highest BCUT2D eigenvalue weighted by Crippen LogP contribution is 2.37. The van der Waals surface area contributed by atoms with Gasteiger partial charge in [0.15, 0.2) is 0 Å². The average Bonchev–Trinajstić information content (AvgIpc) is 2.87. The molecular formula is C20H23NO4. The summed E-state index contributed by atoms with van der Waals surface area (Å²) in [7, 11) is 1.31. The smallest absolute Gasteiger partial charge is 0.340 e. The van der Waals surface area contributed by atoms with Crippen LogP contribution in [0.2, 0.25) is 0 Å². The third-order valence-electron chi connectivity index (χ3n) is 5.01. The number of benzene rings is 1. The van der Waals surface area contributed by atoms with E-state index in [1.54, 1.807) is 42.2 Å². The van der Waals surface area contributed by atoms with Crippen molar-refractivity contribution in [3.05, 3.63) is 46.7 Å². The first kappa shape index (κ1) is 17.3. The molecule has 1 aromatic carbocycles. The van der Waals surface area contributed by atoms with Crippen LogP contribution >= 0.6 is 0 Å². The van der Waals surface area contributed by atoms with Gasteiger partial charge in [0, 0.05) is 17.3 Å². The van der Waals surface area contributed by atoms with Crippen molar-refractivity contribution in [1.29, 1.82) is 0 Å². The minimum atomic E-state index is -0.522. The molecule has 0 spiro atoms. The number of nitrogens with zero attached hydrogens (tertiary/aromatic N) is 1. The number of carbonyl (C=O) groups excluding carboxylic acids is 2. The molecule has 1 aromatic rings. The molecule has 5 nitrogen and oxygen atoms in total. The van der Waals surface area contributed by atoms with E-state index in [1.165, 1.54) is 13.5 Å². The molecule has 1 amide bonds. The lowest BCUT2D eigenvalue weighted by Gasteiger charge is -2.32. The Kier molecular flexibility index (Phi) is 4.93. The molecule has 0 radical (unpaired) electrons. The van der Waals surface area contributed by atoms with Crippen molar-refractivity contribution in [1.82, 2.24) is 4.90 Å². The molecule has 1 saturated carbocycles. The number of esters is 1. The molecule has 25 heavy (non-hydrogen) atoms. The Morgan fingerprint density at radius 3 is 2.56 bits per heavy atom. The Labute approximate surface area is 147 Å². The third-order valence-corrected chi connectivity index (χ3v) is 5.01. The van der Waals surface area contributed by atoms with Crippen LogP contribution < -0.4 is 0 Å². The molecule has 2 aliphatic rings. The molecule has 0 atom stereocenters. The molecule has 1 N–H and O–H groups in total. The number of phenolic OH excluding ortho intramolecular Hbond substituents is 1. The van der Waals surface area contributed by atoms with Crippen LogP contribution in [0.25, 0.3) is 6.08 Å². The number of phenols is 1. The summed E-state index contributed by atoms with van der Waals surface area (Å²) in [5.74, 6) is -0.639. The number of hydrogen-bond donors (Lipinski definition) is 1. The van der Waals surface area contributed by atoms with Gasteiger partial charge < -0.3 is 14.7 Å². The molecule has 132 valence electrons. The number of hydrogen-bond acceptors (Lipinski definition) is 4. The van der Waals surface area contributed by atoms with E-state index in [9.17, 15) is 14.7 Å². The minimum Gasteiger partial charge on any atom is -0.507 e. The van der Waals surface area contributed by atoms with Crippen molar-refractivity contribution in [2.45, 2.75) is 45.1 Å². The van der Waals surface area contributed by atoms with Crippen molar-refractivity contribution in [2.24, 2.45) is 0 Å². The highest BCUT2D eigenvalue weighted by atomic mass is 16.5. The molecule has 0 unspecified atom stereocenters. The number of ether oxygens (including phenoxy) is 1. The van der Waals surface area contributed by atoms with Crippen molar-refractivity contribution >= 4 is 18.0 Å². The summed E-state index contributed by atoms with van der Waals surface area (Å²) in [4.78, 5) is 27.2. The maximum Gasteiger partial charge on any atom is 0.340 e. The summed E-state index contributed by atoms with van der Waals surface area (Å²) in [5, 5.41) is 10.0. The summed E-state index contributed by atoms with van der Waals surface area (Å²) in [6.07, 6.45) is 6.84. The second-order valence-corrected chi connectivity index (χ2v) is 6.54. The summed E-state index contributed by atoms with van der Waals surface area (Å²) in [6, 6.07) is 6.88. The SMILES string of the molecule is COC(=O)C1=C(C)N(C2CCCCC2)C(=O)C1=Cc1ccccc1O. The van der Waals surface area contributed by atoms with Gasteiger partial charge in [-0.05, 0) is 31.9 Å². The lowest BCUT2D eigenvalue weighted by molar-refractivity contribution is -0.136. The molecule has 1 heterocycles. The number of rotatable bonds is 3. The molecule has 1 aliphatic carbocycles. The van der Waals surface area contributed by atoms with Gasteiger partial charge in [0.2, 0.25) is 0 Å². The van der Waals surface area contributed by atoms with Gasteiger partial charge in [-0.15, -0.1) is 0 Å². The fraction of sp³-hybridized carbons (Fsp3) is 0.400. The maximum absolute atomic E-state index is 13.1. The summed E-state index contributed by atoms with van der Waals surface area (Å²) in [6.45, 7) is 1.80. The predicted molar refractivity (Wildman–Crippen MR) is 94.5 cm³/mol. The van der Waals surface area contributed by atoms with Gasteiger partial charge in [-0.3, -0.25) is 4.79 Å². The van der Waals surface area contributed by atoms with Gasteiger partial charge in [0.05, 0.1) is 18.3 Å². The van der Waals surface area contributed by atoms with E-state index in [0.29, 0.717) is 16.8 Å². The maximum atomic E-state index is 13.1. The molecular weight excluding hydrogens is 318 g/mol. The molecule has 1 fully saturated rings. The van der Waals surface area contributed by atoms with Crippen LogP contribution in [0.15, 0.2) is 41.1 Å². The normalized spacial score (nSPS) is 20.5. The number of methoxy groups -OCH3 is 1. The topological polar surface area (TPSA) is 66.8 Å². The zero-order chi connectivity index (χ0) is 18.0. The predicted octanol–water partition coefficient (Wildman–Crippen LogP) is 3.40. The van der Waals surface area contributed by atoms with E-state index in [4.69, 9.17) is 4.74 Å². The average molecular weight is 341 g/mol. The van der Waals surface area contributed by atoms with Crippen LogP contribution in [-0.4, -0.2) is 35.0 Å². The fourth-order valence-electron chi connectivity index (χ4n) is 3.74. The van der Waals surface area contributed by atoms with E-state index >= 15 is 0 Å². The molecule has 3 rings (SSSR count). The van der Waals surface area contributed by atoms with Gasteiger partial charge in [-0.2, -0.15) is 0 Å². The van der Waals surface area contributed by atoms with Crippen molar-refractivity contribution < 1.29 is 19.4 Å². The Hall–Kier alpha value is -2.56. The van der Waals surface area contributed by atoms with E-state index in [0.717, 1.165) is 25.7 Å². The van der Waals surface area contributed by atoms with E-state index in [2.05, 4.69) is 0 Å². The molecule has 0 aromatic heterocycles. The molecule has 0 bridgehead atoms. The van der Waals surface area contributed by atoms with Crippen LogP contribution in [0, 0.1) is 0 Å². The largest absolute Gasteiger partial charge is 0.507 e. The second kappa shape index (κ2) is 7.13. The highest BCUT2D eigenvalue weighted by Gasteiger charge is 2.40. The van der Waals surface area contributed by atoms with Crippen molar-refractivity contribution in [3.8, 4) is 5.75 Å². The van der Waals surface area contributed by atoms with Crippen LogP contribution in [0.5, 0.6) is 5.75 Å². The van der Waals surface area contributed by atoms with Gasteiger partial charge in [-0.25, -0.2) is 4.79 Å². The van der Waals surface area contributed by atoms with Gasteiger partial charge in [-0.1, -0.05) is 37.5 Å². The minimum absolute atomic E-state index is 0.0702. The lowest BCUT2D eigenvalue weighted by Crippen LogP contribution is -2.37. The first-order chi connectivity index (χ1) is 12.0. The highest BCUT2D eigenvalue weighted by molar-refractivity contribution is 6.16. The van der Waals surface area contributed by atoms with Crippen LogP contribution in [-0.2, 0) is 14.3 Å². The van der Waals surface area contributed by atoms with Gasteiger partial charge in [0.1, 0.15) is 5.75 Å². The molecule has 5 heteroatoms. The quantitative estimate of drug-likeness (QED) is 0.676. The van der Waals surface area contributed by atoms with Crippen LogP contribution in [0.4, 0.5) is 0 Å². The lowest BCUT2D eigenvalue weighted by atomic mass is 9.94. The fourth-order valence-corrected chi connectivity index (χ4v) is 3.74.